The number of aromatic carboxylic acids is 1. The Bertz CT molecular complexity index is 945. The second-order valence-electron chi connectivity index (χ2n) is 6.90. The first-order valence-corrected chi connectivity index (χ1v) is 8.63. The molecule has 0 saturated heterocycles. The predicted molar refractivity (Wildman–Crippen MR) is 92.6 cm³/mol. The van der Waals surface area contributed by atoms with Crippen molar-refractivity contribution in [3.8, 4) is 11.5 Å². The maximum absolute atomic E-state index is 12.8. The van der Waals surface area contributed by atoms with E-state index in [1.54, 1.807) is 12.1 Å². The highest BCUT2D eigenvalue weighted by atomic mass is 19.4. The van der Waals surface area contributed by atoms with E-state index in [0.29, 0.717) is 18.4 Å². The topological polar surface area (TPSA) is 88.8 Å². The quantitative estimate of drug-likeness (QED) is 0.804. The van der Waals surface area contributed by atoms with Crippen LogP contribution in [0.2, 0.25) is 0 Å². The molecule has 9 heteroatoms. The average molecular weight is 397 g/mol. The van der Waals surface area contributed by atoms with Crippen LogP contribution in [0.25, 0.3) is 0 Å². The van der Waals surface area contributed by atoms with Gasteiger partial charge in [0.05, 0.1) is 0 Å². The summed E-state index contributed by atoms with van der Waals surface area (Å²) in [5.41, 5.74) is -2.00. The molecule has 0 unspecified atom stereocenters. The van der Waals surface area contributed by atoms with Gasteiger partial charge < -0.3 is 19.5 Å². The number of benzene rings is 1. The molecule has 2 aromatic rings. The molecule has 1 aromatic heterocycles. The van der Waals surface area contributed by atoms with Gasteiger partial charge in [0, 0.05) is 29.9 Å². The number of alkyl halides is 3. The second-order valence-corrected chi connectivity index (χ2v) is 6.90. The standard InChI is InChI=1S/C19H18F3NO5/c20-19(21,22)28-15-6-2-1-5-13(15)18(7-3-4-8-18)11-23-9-12(17(26)27)16(25)14(24)10-23/h1-2,5-6,9-10,24H,3-4,7-8,11H2,(H,26,27). The number of carboxylic acid groups (broad SMARTS) is 1. The van der Waals surface area contributed by atoms with Crippen LogP contribution in [0.5, 0.6) is 11.5 Å². The Kier molecular flexibility index (Phi) is 5.10. The van der Waals surface area contributed by atoms with E-state index in [9.17, 15) is 27.9 Å². The molecule has 1 heterocycles. The third kappa shape index (κ3) is 3.97. The Hall–Kier alpha value is -2.97. The number of carbonyl (C=O) groups is 1. The SMILES string of the molecule is O=C(O)c1cn(CC2(c3ccccc3OC(F)(F)F)CCCC2)cc(O)c1=O. The van der Waals surface area contributed by atoms with Crippen molar-refractivity contribution in [2.45, 2.75) is 44.0 Å². The normalized spacial score (nSPS) is 16.1. The third-order valence-electron chi connectivity index (χ3n) is 5.02. The zero-order valence-electron chi connectivity index (χ0n) is 14.7. The Morgan fingerprint density at radius 3 is 2.43 bits per heavy atom. The number of aromatic hydroxyl groups is 1. The molecule has 1 aliphatic rings. The van der Waals surface area contributed by atoms with Crippen molar-refractivity contribution in [2.75, 3.05) is 0 Å². The maximum atomic E-state index is 12.8. The highest BCUT2D eigenvalue weighted by Gasteiger charge is 2.41. The van der Waals surface area contributed by atoms with Crippen molar-refractivity contribution in [3.63, 3.8) is 0 Å². The van der Waals surface area contributed by atoms with Crippen LogP contribution >= 0.6 is 0 Å². The molecule has 0 radical (unpaired) electrons. The van der Waals surface area contributed by atoms with Crippen molar-refractivity contribution in [2.24, 2.45) is 0 Å². The molecule has 3 rings (SSSR count). The number of aromatic nitrogens is 1. The maximum Gasteiger partial charge on any atom is 0.573 e. The van der Waals surface area contributed by atoms with Gasteiger partial charge in [-0.2, -0.15) is 0 Å². The van der Waals surface area contributed by atoms with Gasteiger partial charge in [0.25, 0.3) is 0 Å². The van der Waals surface area contributed by atoms with Gasteiger partial charge in [-0.15, -0.1) is 13.2 Å². The number of halogens is 3. The van der Waals surface area contributed by atoms with Gasteiger partial charge in [-0.05, 0) is 18.9 Å². The molecule has 28 heavy (non-hydrogen) atoms. The van der Waals surface area contributed by atoms with E-state index in [1.165, 1.54) is 16.7 Å². The number of rotatable bonds is 5. The summed E-state index contributed by atoms with van der Waals surface area (Å²) in [6, 6.07) is 5.87. The first-order chi connectivity index (χ1) is 13.1. The molecule has 0 spiro atoms. The fraction of sp³-hybridized carbons (Fsp3) is 0.368. The lowest BCUT2D eigenvalue weighted by molar-refractivity contribution is -0.275. The summed E-state index contributed by atoms with van der Waals surface area (Å²) in [5, 5.41) is 19.0. The molecule has 0 aliphatic heterocycles. The number of para-hydroxylation sites is 1. The van der Waals surface area contributed by atoms with Crippen LogP contribution < -0.4 is 10.2 Å². The van der Waals surface area contributed by atoms with Crippen LogP contribution in [0.15, 0.2) is 41.5 Å². The van der Waals surface area contributed by atoms with Gasteiger partial charge in [0.2, 0.25) is 5.43 Å². The zero-order valence-corrected chi connectivity index (χ0v) is 14.7. The van der Waals surface area contributed by atoms with Crippen molar-refractivity contribution >= 4 is 5.97 Å². The van der Waals surface area contributed by atoms with Crippen LogP contribution in [0.1, 0.15) is 41.6 Å². The monoisotopic (exact) mass is 397 g/mol. The first-order valence-electron chi connectivity index (χ1n) is 8.63. The van der Waals surface area contributed by atoms with Crippen LogP contribution in [0, 0.1) is 0 Å². The van der Waals surface area contributed by atoms with E-state index in [2.05, 4.69) is 4.74 Å². The molecule has 0 atom stereocenters. The van der Waals surface area contributed by atoms with Crippen molar-refractivity contribution in [1.29, 1.82) is 0 Å². The van der Waals surface area contributed by atoms with Gasteiger partial charge in [-0.25, -0.2) is 4.79 Å². The lowest BCUT2D eigenvalue weighted by atomic mass is 9.78. The van der Waals surface area contributed by atoms with Crippen LogP contribution in [0.4, 0.5) is 13.2 Å². The van der Waals surface area contributed by atoms with Gasteiger partial charge in [0.1, 0.15) is 11.3 Å². The Balaban J connectivity index is 2.06. The van der Waals surface area contributed by atoms with Crippen LogP contribution in [0.3, 0.4) is 0 Å². The molecule has 1 aliphatic carbocycles. The summed E-state index contributed by atoms with van der Waals surface area (Å²) >= 11 is 0. The fourth-order valence-corrected chi connectivity index (χ4v) is 3.89. The Morgan fingerprint density at radius 2 is 1.82 bits per heavy atom. The minimum Gasteiger partial charge on any atom is -0.503 e. The first kappa shape index (κ1) is 19.8. The zero-order chi connectivity index (χ0) is 20.5. The summed E-state index contributed by atoms with van der Waals surface area (Å²) in [5.74, 6) is -2.52. The van der Waals surface area contributed by atoms with Gasteiger partial charge >= 0.3 is 12.3 Å². The molecular formula is C19H18F3NO5. The summed E-state index contributed by atoms with van der Waals surface area (Å²) < 4.78 is 44.1. The van der Waals surface area contributed by atoms with E-state index in [0.717, 1.165) is 25.2 Å². The smallest absolute Gasteiger partial charge is 0.503 e. The summed E-state index contributed by atoms with van der Waals surface area (Å²) in [4.78, 5) is 23.0. The highest BCUT2D eigenvalue weighted by Crippen LogP contribution is 2.46. The van der Waals surface area contributed by atoms with Crippen molar-refractivity contribution < 1.29 is 32.9 Å². The summed E-state index contributed by atoms with van der Waals surface area (Å²) in [6.45, 7) is 0.0966. The third-order valence-corrected chi connectivity index (χ3v) is 5.02. The lowest BCUT2D eigenvalue weighted by Crippen LogP contribution is -2.31. The summed E-state index contributed by atoms with van der Waals surface area (Å²) in [6.07, 6.45) is 0.0133. The number of hydrogen-bond acceptors (Lipinski definition) is 4. The molecule has 2 N–H and O–H groups in total. The number of carboxylic acids is 1. The van der Waals surface area contributed by atoms with Crippen molar-refractivity contribution in [3.05, 3.63) is 58.0 Å². The molecule has 1 fully saturated rings. The molecule has 150 valence electrons. The number of nitrogens with zero attached hydrogens (tertiary/aromatic N) is 1. The van der Waals surface area contributed by atoms with E-state index in [4.69, 9.17) is 5.11 Å². The Labute approximate surface area is 157 Å². The van der Waals surface area contributed by atoms with Gasteiger partial charge in [0.15, 0.2) is 5.75 Å². The van der Waals surface area contributed by atoms with Crippen LogP contribution in [-0.4, -0.2) is 27.1 Å². The van der Waals surface area contributed by atoms with E-state index in [1.807, 2.05) is 0 Å². The van der Waals surface area contributed by atoms with Gasteiger partial charge in [-0.3, -0.25) is 4.79 Å². The fourth-order valence-electron chi connectivity index (χ4n) is 3.89. The molecule has 1 aromatic carbocycles. The number of hydrogen-bond donors (Lipinski definition) is 2. The van der Waals surface area contributed by atoms with Crippen LogP contribution in [-0.2, 0) is 12.0 Å². The molecule has 1 saturated carbocycles. The molecule has 0 bridgehead atoms. The van der Waals surface area contributed by atoms with E-state index < -0.39 is 34.5 Å². The van der Waals surface area contributed by atoms with E-state index >= 15 is 0 Å². The largest absolute Gasteiger partial charge is 0.573 e. The number of ether oxygens (including phenoxy) is 1. The van der Waals surface area contributed by atoms with Gasteiger partial charge in [-0.1, -0.05) is 31.0 Å². The predicted octanol–water partition coefficient (Wildman–Crippen LogP) is 3.66. The van der Waals surface area contributed by atoms with E-state index in [-0.39, 0.29) is 12.3 Å². The Morgan fingerprint density at radius 1 is 1.18 bits per heavy atom. The van der Waals surface area contributed by atoms with Crippen molar-refractivity contribution in [1.82, 2.24) is 4.57 Å². The lowest BCUT2D eigenvalue weighted by Gasteiger charge is -2.32. The second kappa shape index (κ2) is 7.21. The average Bonchev–Trinajstić information content (AvgIpc) is 3.06. The highest BCUT2D eigenvalue weighted by molar-refractivity contribution is 5.87. The number of pyridine rings is 1. The molecule has 6 nitrogen and oxygen atoms in total. The summed E-state index contributed by atoms with van der Waals surface area (Å²) in [7, 11) is 0. The minimum atomic E-state index is -4.85. The molecule has 0 amide bonds. The minimum absolute atomic E-state index is 0.0966. The molecular weight excluding hydrogens is 379 g/mol.